The number of aryl methyl sites for hydroxylation is 1. The van der Waals surface area contributed by atoms with Crippen LogP contribution in [0.15, 0.2) is 52.9 Å². The van der Waals surface area contributed by atoms with Gasteiger partial charge in [-0.05, 0) is 61.7 Å². The van der Waals surface area contributed by atoms with Crippen LogP contribution in [-0.2, 0) is 22.6 Å². The third kappa shape index (κ3) is 6.79. The zero-order valence-corrected chi connectivity index (χ0v) is 23.0. The number of hydrogen-bond donors (Lipinski definition) is 1. The number of hydrogen-bond acceptors (Lipinski definition) is 6. The fourth-order valence-electron chi connectivity index (χ4n) is 4.56. The molecule has 1 fully saturated rings. The van der Waals surface area contributed by atoms with Gasteiger partial charge in [-0.25, -0.2) is 4.79 Å². The SMILES string of the molecule is Cc1ccc(CN(Cc2ccc3c(c2)OCO3)C(=O)CN(CC2CCCO2)C(=O)Nc2cccc(Cl)c2Cl)o1. The van der Waals surface area contributed by atoms with Crippen molar-refractivity contribution in [1.29, 1.82) is 0 Å². The van der Waals surface area contributed by atoms with Crippen LogP contribution in [0.2, 0.25) is 10.0 Å². The van der Waals surface area contributed by atoms with Crippen LogP contribution >= 0.6 is 23.2 Å². The van der Waals surface area contributed by atoms with E-state index in [0.717, 1.165) is 24.2 Å². The highest BCUT2D eigenvalue weighted by Gasteiger charge is 2.28. The zero-order valence-electron chi connectivity index (χ0n) is 21.5. The van der Waals surface area contributed by atoms with Crippen LogP contribution in [0.5, 0.6) is 11.5 Å². The molecule has 0 aliphatic carbocycles. The van der Waals surface area contributed by atoms with E-state index in [1.165, 1.54) is 4.90 Å². The molecule has 3 aromatic rings. The largest absolute Gasteiger partial charge is 0.464 e. The number of halogens is 2. The van der Waals surface area contributed by atoms with Crippen molar-refractivity contribution in [3.63, 3.8) is 0 Å². The first kappa shape index (κ1) is 27.2. The Balaban J connectivity index is 1.36. The molecule has 0 bridgehead atoms. The smallest absolute Gasteiger partial charge is 0.322 e. The number of urea groups is 1. The Bertz CT molecular complexity index is 1340. The first-order chi connectivity index (χ1) is 18.9. The summed E-state index contributed by atoms with van der Waals surface area (Å²) in [5.74, 6) is 2.43. The second-order valence-corrected chi connectivity index (χ2v) is 10.3. The number of carbonyl (C=O) groups is 2. The lowest BCUT2D eigenvalue weighted by Crippen LogP contribution is -2.46. The Kier molecular flexibility index (Phi) is 8.50. The summed E-state index contributed by atoms with van der Waals surface area (Å²) in [4.78, 5) is 30.3. The van der Waals surface area contributed by atoms with E-state index in [2.05, 4.69) is 5.32 Å². The Labute approximate surface area is 236 Å². The molecule has 3 heterocycles. The van der Waals surface area contributed by atoms with Crippen LogP contribution in [0.25, 0.3) is 0 Å². The molecule has 5 rings (SSSR count). The molecule has 206 valence electrons. The first-order valence-corrected chi connectivity index (χ1v) is 13.4. The number of carbonyl (C=O) groups excluding carboxylic acids is 2. The van der Waals surface area contributed by atoms with Crippen LogP contribution in [0, 0.1) is 6.92 Å². The zero-order chi connectivity index (χ0) is 27.4. The van der Waals surface area contributed by atoms with Gasteiger partial charge < -0.3 is 33.7 Å². The molecule has 0 saturated carbocycles. The van der Waals surface area contributed by atoms with E-state index in [-0.39, 0.29) is 50.0 Å². The molecular weight excluding hydrogens is 545 g/mol. The fourth-order valence-corrected chi connectivity index (χ4v) is 4.91. The Morgan fingerprint density at radius 2 is 1.87 bits per heavy atom. The van der Waals surface area contributed by atoms with E-state index in [1.54, 1.807) is 23.1 Å². The Morgan fingerprint density at radius 3 is 2.64 bits per heavy atom. The number of fused-ring (bicyclic) bond motifs is 1. The number of furan rings is 1. The summed E-state index contributed by atoms with van der Waals surface area (Å²) in [6, 6.07) is 13.8. The summed E-state index contributed by atoms with van der Waals surface area (Å²) in [6.45, 7) is 3.24. The summed E-state index contributed by atoms with van der Waals surface area (Å²) < 4.78 is 22.5. The van der Waals surface area contributed by atoms with Gasteiger partial charge in [0.1, 0.15) is 18.1 Å². The molecule has 0 radical (unpaired) electrons. The molecule has 2 aliphatic rings. The average molecular weight is 574 g/mol. The van der Waals surface area contributed by atoms with E-state index >= 15 is 0 Å². The molecule has 1 N–H and O–H groups in total. The second kappa shape index (κ2) is 12.2. The molecule has 1 atom stereocenters. The van der Waals surface area contributed by atoms with Gasteiger partial charge in [0.25, 0.3) is 0 Å². The van der Waals surface area contributed by atoms with Crippen molar-refractivity contribution in [2.75, 3.05) is 31.8 Å². The average Bonchev–Trinajstić information content (AvgIpc) is 3.68. The van der Waals surface area contributed by atoms with Crippen LogP contribution in [-0.4, -0.2) is 54.3 Å². The molecule has 9 nitrogen and oxygen atoms in total. The molecule has 2 aromatic carbocycles. The molecule has 2 aliphatic heterocycles. The lowest BCUT2D eigenvalue weighted by molar-refractivity contribution is -0.133. The number of nitrogens with zero attached hydrogens (tertiary/aromatic N) is 2. The molecule has 11 heteroatoms. The van der Waals surface area contributed by atoms with Gasteiger partial charge in [0.05, 0.1) is 28.4 Å². The summed E-state index contributed by atoms with van der Waals surface area (Å²) in [5.41, 5.74) is 1.22. The lowest BCUT2D eigenvalue weighted by Gasteiger charge is -2.29. The fraction of sp³-hybridized carbons (Fsp3) is 0.357. The third-order valence-corrected chi connectivity index (χ3v) is 7.38. The minimum Gasteiger partial charge on any atom is -0.464 e. The normalized spacial score (nSPS) is 15.8. The highest BCUT2D eigenvalue weighted by atomic mass is 35.5. The monoisotopic (exact) mass is 573 g/mol. The molecule has 39 heavy (non-hydrogen) atoms. The van der Waals surface area contributed by atoms with Crippen LogP contribution in [0.4, 0.5) is 10.5 Å². The van der Waals surface area contributed by atoms with Gasteiger partial charge in [-0.2, -0.15) is 0 Å². The lowest BCUT2D eigenvalue weighted by atomic mass is 10.1. The van der Waals surface area contributed by atoms with Crippen LogP contribution in [0.1, 0.15) is 29.9 Å². The first-order valence-electron chi connectivity index (χ1n) is 12.7. The van der Waals surface area contributed by atoms with Crippen molar-refractivity contribution in [2.45, 2.75) is 39.0 Å². The van der Waals surface area contributed by atoms with E-state index < -0.39 is 6.03 Å². The maximum absolute atomic E-state index is 13.8. The number of ether oxygens (including phenoxy) is 3. The molecule has 1 saturated heterocycles. The quantitative estimate of drug-likeness (QED) is 0.344. The standard InChI is InChI=1S/C28H29Cl2N3O6/c1-18-7-9-21(39-18)15-32(13-19-8-10-24-25(12-19)38-17-37-24)26(34)16-33(14-20-4-3-11-36-20)28(35)31-23-6-2-5-22(29)27(23)30/h2,5-10,12,20H,3-4,11,13-17H2,1H3,(H,31,35). The molecular formula is C28H29Cl2N3O6. The van der Waals surface area contributed by atoms with Crippen molar-refractivity contribution in [1.82, 2.24) is 9.80 Å². The van der Waals surface area contributed by atoms with Crippen LogP contribution in [0.3, 0.4) is 0 Å². The van der Waals surface area contributed by atoms with Crippen molar-refractivity contribution in [2.24, 2.45) is 0 Å². The minimum absolute atomic E-state index is 0.159. The van der Waals surface area contributed by atoms with Gasteiger partial charge in [0.15, 0.2) is 11.5 Å². The Morgan fingerprint density at radius 1 is 1.03 bits per heavy atom. The molecule has 1 unspecified atom stereocenters. The van der Waals surface area contributed by atoms with Gasteiger partial charge in [-0.1, -0.05) is 35.3 Å². The van der Waals surface area contributed by atoms with Gasteiger partial charge in [-0.15, -0.1) is 0 Å². The van der Waals surface area contributed by atoms with E-state index in [9.17, 15) is 9.59 Å². The summed E-state index contributed by atoms with van der Waals surface area (Å²) in [6.07, 6.45) is 1.55. The predicted octanol–water partition coefficient (Wildman–Crippen LogP) is 5.87. The third-order valence-electron chi connectivity index (χ3n) is 6.56. The number of rotatable bonds is 9. The molecule has 3 amide bonds. The van der Waals surface area contributed by atoms with Gasteiger partial charge in [0, 0.05) is 19.7 Å². The van der Waals surface area contributed by atoms with Gasteiger partial charge in [0.2, 0.25) is 12.7 Å². The second-order valence-electron chi connectivity index (χ2n) is 9.50. The maximum atomic E-state index is 13.8. The molecule has 1 aromatic heterocycles. The van der Waals surface area contributed by atoms with Gasteiger partial charge >= 0.3 is 6.03 Å². The van der Waals surface area contributed by atoms with Crippen molar-refractivity contribution in [3.8, 4) is 11.5 Å². The van der Waals surface area contributed by atoms with E-state index in [0.29, 0.717) is 34.6 Å². The van der Waals surface area contributed by atoms with Gasteiger partial charge in [-0.3, -0.25) is 4.79 Å². The minimum atomic E-state index is -0.472. The number of nitrogens with one attached hydrogen (secondary N) is 1. The molecule has 0 spiro atoms. The van der Waals surface area contributed by atoms with Crippen molar-refractivity contribution >= 4 is 40.8 Å². The predicted molar refractivity (Wildman–Crippen MR) is 146 cm³/mol. The summed E-state index contributed by atoms with van der Waals surface area (Å²) in [7, 11) is 0. The maximum Gasteiger partial charge on any atom is 0.322 e. The summed E-state index contributed by atoms with van der Waals surface area (Å²) >= 11 is 12.4. The van der Waals surface area contributed by atoms with Crippen molar-refractivity contribution < 1.29 is 28.2 Å². The van der Waals surface area contributed by atoms with Crippen molar-refractivity contribution in [3.05, 3.63) is 75.7 Å². The van der Waals surface area contributed by atoms with E-state index in [1.807, 2.05) is 37.3 Å². The van der Waals surface area contributed by atoms with Crippen LogP contribution < -0.4 is 14.8 Å². The highest BCUT2D eigenvalue weighted by Crippen LogP contribution is 2.33. The number of anilines is 1. The summed E-state index contributed by atoms with van der Waals surface area (Å²) in [5, 5.41) is 3.35. The Hall–Kier alpha value is -3.40. The topological polar surface area (TPSA) is 93.5 Å². The number of amides is 3. The number of benzene rings is 2. The highest BCUT2D eigenvalue weighted by molar-refractivity contribution is 6.43. The van der Waals surface area contributed by atoms with E-state index in [4.69, 9.17) is 41.8 Å².